The highest BCUT2D eigenvalue weighted by molar-refractivity contribution is 5.80. The lowest BCUT2D eigenvalue weighted by molar-refractivity contribution is -0.127. The molecule has 0 aliphatic rings. The molecule has 0 spiro atoms. The van der Waals surface area contributed by atoms with E-state index in [0.29, 0.717) is 13.2 Å². The molecule has 4 heteroatoms. The number of carbonyl (C=O) groups excluding carboxylic acids is 1. The van der Waals surface area contributed by atoms with Crippen molar-refractivity contribution in [1.82, 2.24) is 5.32 Å². The van der Waals surface area contributed by atoms with Crippen molar-refractivity contribution in [3.63, 3.8) is 0 Å². The van der Waals surface area contributed by atoms with Gasteiger partial charge in [-0.1, -0.05) is 23.8 Å². The molecule has 0 bridgehead atoms. The largest absolute Gasteiger partial charge is 0.492 e. The van der Waals surface area contributed by atoms with E-state index in [9.17, 15) is 4.79 Å². The summed E-state index contributed by atoms with van der Waals surface area (Å²) in [5.41, 5.74) is 4.52. The molecule has 0 aromatic heterocycles. The van der Waals surface area contributed by atoms with Crippen LogP contribution >= 0.6 is 0 Å². The van der Waals surface area contributed by atoms with Gasteiger partial charge in [0, 0.05) is 0 Å². The molecule has 0 saturated carbocycles. The van der Waals surface area contributed by atoms with Gasteiger partial charge in [-0.15, -0.1) is 0 Å². The Morgan fingerprint density at radius 2 is 1.68 bits per heavy atom. The number of carbonyl (C=O) groups is 1. The number of aryl methyl sites for hydroxylation is 4. The van der Waals surface area contributed by atoms with Crippen molar-refractivity contribution >= 4 is 5.91 Å². The second kappa shape index (κ2) is 8.56. The Balaban J connectivity index is 1.77. The lowest BCUT2D eigenvalue weighted by Gasteiger charge is -2.17. The Labute approximate surface area is 150 Å². The van der Waals surface area contributed by atoms with Gasteiger partial charge in [-0.2, -0.15) is 0 Å². The number of ether oxygens (including phenoxy) is 2. The predicted octanol–water partition coefficient (Wildman–Crippen LogP) is 3.88. The molecule has 1 unspecified atom stereocenters. The molecule has 0 saturated heterocycles. The molecule has 0 radical (unpaired) electrons. The summed E-state index contributed by atoms with van der Waals surface area (Å²) in [5, 5.41) is 2.84. The predicted molar refractivity (Wildman–Crippen MR) is 100 cm³/mol. The molecule has 134 valence electrons. The number of rotatable bonds is 7. The van der Waals surface area contributed by atoms with Crippen LogP contribution in [0.25, 0.3) is 0 Å². The van der Waals surface area contributed by atoms with Crippen LogP contribution in [-0.2, 0) is 4.79 Å². The summed E-state index contributed by atoms with van der Waals surface area (Å²) in [5.74, 6) is 1.41. The van der Waals surface area contributed by atoms with E-state index >= 15 is 0 Å². The normalized spacial score (nSPS) is 11.7. The van der Waals surface area contributed by atoms with Crippen molar-refractivity contribution in [2.24, 2.45) is 0 Å². The molecule has 1 N–H and O–H groups in total. The zero-order valence-electron chi connectivity index (χ0n) is 15.7. The van der Waals surface area contributed by atoms with E-state index in [1.807, 2.05) is 58.0 Å². The van der Waals surface area contributed by atoms with Gasteiger partial charge < -0.3 is 14.8 Å². The highest BCUT2D eigenvalue weighted by Gasteiger charge is 2.15. The number of benzene rings is 2. The van der Waals surface area contributed by atoms with Crippen molar-refractivity contribution < 1.29 is 14.3 Å². The molecule has 1 atom stereocenters. The van der Waals surface area contributed by atoms with Gasteiger partial charge in [-0.05, 0) is 69.5 Å². The van der Waals surface area contributed by atoms with Gasteiger partial charge in [0.2, 0.25) is 0 Å². The summed E-state index contributed by atoms with van der Waals surface area (Å²) in [6.45, 7) is 10.7. The Morgan fingerprint density at radius 1 is 1.00 bits per heavy atom. The first-order valence-electron chi connectivity index (χ1n) is 8.58. The van der Waals surface area contributed by atoms with E-state index in [2.05, 4.69) is 11.4 Å². The fraction of sp³-hybridized carbons (Fsp3) is 0.381. The maximum atomic E-state index is 12.2. The third-order valence-corrected chi connectivity index (χ3v) is 3.87. The molecular weight excluding hydrogens is 314 g/mol. The van der Waals surface area contributed by atoms with E-state index in [1.54, 1.807) is 6.92 Å². The molecule has 25 heavy (non-hydrogen) atoms. The molecular formula is C21H27NO3. The maximum absolute atomic E-state index is 12.2. The molecule has 1 amide bonds. The topological polar surface area (TPSA) is 47.6 Å². The summed E-state index contributed by atoms with van der Waals surface area (Å²) in [4.78, 5) is 12.2. The quantitative estimate of drug-likeness (QED) is 0.778. The van der Waals surface area contributed by atoms with Crippen LogP contribution in [0.15, 0.2) is 36.4 Å². The van der Waals surface area contributed by atoms with Gasteiger partial charge in [0.15, 0.2) is 6.10 Å². The third kappa shape index (κ3) is 5.82. The molecule has 2 aromatic carbocycles. The Hall–Kier alpha value is -2.49. The van der Waals surface area contributed by atoms with Gasteiger partial charge in [0.1, 0.15) is 18.1 Å². The van der Waals surface area contributed by atoms with Crippen LogP contribution in [0.2, 0.25) is 0 Å². The molecule has 2 aromatic rings. The van der Waals surface area contributed by atoms with Crippen LogP contribution in [-0.4, -0.2) is 25.2 Å². The number of hydrogen-bond acceptors (Lipinski definition) is 3. The van der Waals surface area contributed by atoms with Gasteiger partial charge in [0.25, 0.3) is 5.91 Å². The molecule has 0 fully saturated rings. The summed E-state index contributed by atoms with van der Waals surface area (Å²) >= 11 is 0. The summed E-state index contributed by atoms with van der Waals surface area (Å²) in [7, 11) is 0. The smallest absolute Gasteiger partial charge is 0.260 e. The minimum atomic E-state index is -0.553. The molecule has 2 rings (SSSR count). The minimum Gasteiger partial charge on any atom is -0.492 e. The fourth-order valence-corrected chi connectivity index (χ4v) is 2.68. The monoisotopic (exact) mass is 341 g/mol. The van der Waals surface area contributed by atoms with Gasteiger partial charge in [-0.25, -0.2) is 0 Å². The zero-order valence-corrected chi connectivity index (χ0v) is 15.7. The number of hydrogen-bond donors (Lipinski definition) is 1. The average Bonchev–Trinajstić information content (AvgIpc) is 2.53. The van der Waals surface area contributed by atoms with Crippen LogP contribution in [0.3, 0.4) is 0 Å². The van der Waals surface area contributed by atoms with E-state index in [-0.39, 0.29) is 5.91 Å². The minimum absolute atomic E-state index is 0.149. The molecule has 0 aliphatic carbocycles. The standard InChI is InChI=1S/C21H27NO3/c1-14-6-7-20(17(4)11-14)25-18(5)21(23)22-8-9-24-19-12-15(2)10-16(3)13-19/h6-7,10-13,18H,8-9H2,1-5H3,(H,22,23). The molecule has 0 heterocycles. The number of nitrogens with one attached hydrogen (secondary N) is 1. The highest BCUT2D eigenvalue weighted by atomic mass is 16.5. The Bertz CT molecular complexity index is 720. The average molecular weight is 341 g/mol. The van der Waals surface area contributed by atoms with Crippen molar-refractivity contribution in [2.45, 2.75) is 40.7 Å². The van der Waals surface area contributed by atoms with Crippen LogP contribution in [0, 0.1) is 27.7 Å². The summed E-state index contributed by atoms with van der Waals surface area (Å²) in [6.07, 6.45) is -0.553. The lowest BCUT2D eigenvalue weighted by Crippen LogP contribution is -2.38. The summed E-state index contributed by atoms with van der Waals surface area (Å²) in [6, 6.07) is 12.0. The van der Waals surface area contributed by atoms with Crippen molar-refractivity contribution in [3.8, 4) is 11.5 Å². The fourth-order valence-electron chi connectivity index (χ4n) is 2.68. The van der Waals surface area contributed by atoms with E-state index in [0.717, 1.165) is 28.2 Å². The van der Waals surface area contributed by atoms with Crippen LogP contribution in [0.4, 0.5) is 0 Å². The maximum Gasteiger partial charge on any atom is 0.260 e. The van der Waals surface area contributed by atoms with Crippen molar-refractivity contribution in [3.05, 3.63) is 58.7 Å². The second-order valence-corrected chi connectivity index (χ2v) is 6.49. The molecule has 0 aliphatic heterocycles. The van der Waals surface area contributed by atoms with Gasteiger partial charge in [0.05, 0.1) is 6.54 Å². The van der Waals surface area contributed by atoms with E-state index in [1.165, 1.54) is 5.56 Å². The second-order valence-electron chi connectivity index (χ2n) is 6.49. The highest BCUT2D eigenvalue weighted by Crippen LogP contribution is 2.20. The Kier molecular flexibility index (Phi) is 6.45. The van der Waals surface area contributed by atoms with Crippen LogP contribution < -0.4 is 14.8 Å². The van der Waals surface area contributed by atoms with Gasteiger partial charge in [-0.3, -0.25) is 4.79 Å². The SMILES string of the molecule is Cc1cc(C)cc(OCCNC(=O)C(C)Oc2ccc(C)cc2C)c1. The number of amides is 1. The first-order valence-corrected chi connectivity index (χ1v) is 8.58. The van der Waals surface area contributed by atoms with E-state index < -0.39 is 6.10 Å². The first kappa shape index (κ1) is 18.8. The van der Waals surface area contributed by atoms with E-state index in [4.69, 9.17) is 9.47 Å². The van der Waals surface area contributed by atoms with Gasteiger partial charge >= 0.3 is 0 Å². The Morgan fingerprint density at radius 3 is 2.32 bits per heavy atom. The van der Waals surface area contributed by atoms with Crippen LogP contribution in [0.1, 0.15) is 29.2 Å². The molecule has 4 nitrogen and oxygen atoms in total. The lowest BCUT2D eigenvalue weighted by atomic mass is 10.1. The first-order chi connectivity index (χ1) is 11.8. The summed E-state index contributed by atoms with van der Waals surface area (Å²) < 4.78 is 11.4. The zero-order chi connectivity index (χ0) is 18.4. The van der Waals surface area contributed by atoms with Crippen LogP contribution in [0.5, 0.6) is 11.5 Å². The third-order valence-electron chi connectivity index (χ3n) is 3.87. The van der Waals surface area contributed by atoms with Crippen molar-refractivity contribution in [1.29, 1.82) is 0 Å². The van der Waals surface area contributed by atoms with Crippen molar-refractivity contribution in [2.75, 3.05) is 13.2 Å².